The van der Waals surface area contributed by atoms with Crippen molar-refractivity contribution < 1.29 is 19.1 Å². The molecule has 2 unspecified atom stereocenters. The summed E-state index contributed by atoms with van der Waals surface area (Å²) in [6, 6.07) is 23.9. The van der Waals surface area contributed by atoms with Crippen LogP contribution in [0.2, 0.25) is 0 Å². The smallest absolute Gasteiger partial charge is 0.343 e. The van der Waals surface area contributed by atoms with Crippen molar-refractivity contribution in [2.24, 2.45) is 11.3 Å². The van der Waals surface area contributed by atoms with Crippen LogP contribution in [-0.2, 0) is 15.6 Å². The minimum absolute atomic E-state index is 0.117. The Morgan fingerprint density at radius 3 is 1.80 bits per heavy atom. The van der Waals surface area contributed by atoms with Crippen LogP contribution in [0.3, 0.4) is 0 Å². The number of ether oxygens (including phenoxy) is 2. The van der Waals surface area contributed by atoms with Gasteiger partial charge in [0.2, 0.25) is 0 Å². The van der Waals surface area contributed by atoms with Crippen molar-refractivity contribution in [1.29, 1.82) is 0 Å². The highest BCUT2D eigenvalue weighted by atomic mass is 16.6. The molecule has 1 aliphatic rings. The SMILES string of the molecule is CCCC(C)(C)c1ccc(C2(c3ccc(OC(=O)c4ccc(C(=O)OC(C)(C)CC)cc4)cc3)CC(C)CC(C)(C)C2)cc1. The van der Waals surface area contributed by atoms with E-state index in [1.165, 1.54) is 29.5 Å². The number of esters is 2. The molecule has 236 valence electrons. The quantitative estimate of drug-likeness (QED) is 0.173. The molecule has 4 nitrogen and oxygen atoms in total. The number of hydrogen-bond donors (Lipinski definition) is 0. The van der Waals surface area contributed by atoms with Gasteiger partial charge in [-0.05, 0) is 116 Å². The van der Waals surface area contributed by atoms with Crippen LogP contribution in [0, 0.1) is 11.3 Å². The van der Waals surface area contributed by atoms with Gasteiger partial charge in [0, 0.05) is 5.41 Å². The standard InChI is InChI=1S/C40H52O4/c1-10-24-38(6,7)31-16-18-32(19-17-31)40(26-28(3)25-37(4,5)27-40)33-20-22-34(23-21-33)43-35(41)29-12-14-30(15-13-29)36(42)44-39(8,9)11-2/h12-23,28H,10-11,24-27H2,1-9H3. The van der Waals surface area contributed by atoms with E-state index in [4.69, 9.17) is 9.47 Å². The van der Waals surface area contributed by atoms with E-state index >= 15 is 0 Å². The van der Waals surface area contributed by atoms with Crippen molar-refractivity contribution in [2.75, 3.05) is 0 Å². The Labute approximate surface area is 265 Å². The Bertz CT molecular complexity index is 1430. The van der Waals surface area contributed by atoms with Gasteiger partial charge in [-0.1, -0.05) is 91.3 Å². The zero-order valence-corrected chi connectivity index (χ0v) is 28.4. The van der Waals surface area contributed by atoms with Crippen LogP contribution in [0.4, 0.5) is 0 Å². The topological polar surface area (TPSA) is 52.6 Å². The first kappa shape index (κ1) is 33.5. The maximum atomic E-state index is 13.0. The van der Waals surface area contributed by atoms with E-state index in [1.54, 1.807) is 24.3 Å². The van der Waals surface area contributed by atoms with Crippen molar-refractivity contribution in [1.82, 2.24) is 0 Å². The molecule has 3 aromatic carbocycles. The van der Waals surface area contributed by atoms with E-state index in [0.29, 0.717) is 29.2 Å². The molecule has 0 bridgehead atoms. The molecule has 0 amide bonds. The summed E-state index contributed by atoms with van der Waals surface area (Å²) >= 11 is 0. The first-order chi connectivity index (χ1) is 20.6. The van der Waals surface area contributed by atoms with Gasteiger partial charge < -0.3 is 9.47 Å². The summed E-state index contributed by atoms with van der Waals surface area (Å²) in [5.74, 6) is 0.224. The number of carbonyl (C=O) groups is 2. The fraction of sp³-hybridized carbons (Fsp3) is 0.500. The van der Waals surface area contributed by atoms with E-state index in [-0.39, 0.29) is 16.2 Å². The molecule has 1 fully saturated rings. The highest BCUT2D eigenvalue weighted by molar-refractivity contribution is 5.94. The predicted octanol–water partition coefficient (Wildman–Crippen LogP) is 10.5. The van der Waals surface area contributed by atoms with Crippen molar-refractivity contribution >= 4 is 11.9 Å². The highest BCUT2D eigenvalue weighted by Crippen LogP contribution is 2.53. The van der Waals surface area contributed by atoms with Crippen molar-refractivity contribution in [2.45, 2.75) is 117 Å². The summed E-state index contributed by atoms with van der Waals surface area (Å²) in [4.78, 5) is 25.5. The molecule has 1 aliphatic carbocycles. The predicted molar refractivity (Wildman–Crippen MR) is 180 cm³/mol. The third kappa shape index (κ3) is 7.62. The minimum atomic E-state index is -0.542. The van der Waals surface area contributed by atoms with E-state index in [1.807, 2.05) is 32.9 Å². The summed E-state index contributed by atoms with van der Waals surface area (Å²) in [5.41, 5.74) is 4.49. The van der Waals surface area contributed by atoms with Crippen molar-refractivity contribution in [3.63, 3.8) is 0 Å². The van der Waals surface area contributed by atoms with Crippen LogP contribution >= 0.6 is 0 Å². The molecule has 1 saturated carbocycles. The summed E-state index contributed by atoms with van der Waals surface area (Å²) in [7, 11) is 0. The zero-order chi connectivity index (χ0) is 32.3. The second kappa shape index (κ2) is 12.9. The Morgan fingerprint density at radius 2 is 1.30 bits per heavy atom. The van der Waals surface area contributed by atoms with E-state index in [0.717, 1.165) is 19.3 Å². The lowest BCUT2D eigenvalue weighted by molar-refractivity contribution is -0.00246. The van der Waals surface area contributed by atoms with Gasteiger partial charge in [-0.2, -0.15) is 0 Å². The lowest BCUT2D eigenvalue weighted by Crippen LogP contribution is -2.41. The fourth-order valence-electron chi connectivity index (χ4n) is 7.32. The fourth-order valence-corrected chi connectivity index (χ4v) is 7.32. The average molecular weight is 597 g/mol. The normalized spacial score (nSPS) is 20.2. The number of hydrogen-bond acceptors (Lipinski definition) is 4. The maximum absolute atomic E-state index is 13.0. The second-order valence-electron chi connectivity index (χ2n) is 15.1. The first-order valence-electron chi connectivity index (χ1n) is 16.4. The summed E-state index contributed by atoms with van der Waals surface area (Å²) in [6.45, 7) is 19.8. The van der Waals surface area contributed by atoms with Gasteiger partial charge in [0.25, 0.3) is 0 Å². The minimum Gasteiger partial charge on any atom is -0.456 e. The zero-order valence-electron chi connectivity index (χ0n) is 28.4. The van der Waals surface area contributed by atoms with Gasteiger partial charge in [-0.25, -0.2) is 9.59 Å². The van der Waals surface area contributed by atoms with E-state index in [9.17, 15) is 9.59 Å². The Morgan fingerprint density at radius 1 is 0.773 bits per heavy atom. The lowest BCUT2D eigenvalue weighted by atomic mass is 9.55. The monoisotopic (exact) mass is 596 g/mol. The molecule has 0 heterocycles. The summed E-state index contributed by atoms with van der Waals surface area (Å²) in [6.07, 6.45) is 6.39. The molecule has 0 aromatic heterocycles. The second-order valence-corrected chi connectivity index (χ2v) is 15.1. The number of benzene rings is 3. The molecule has 0 saturated heterocycles. The van der Waals surface area contributed by atoms with Gasteiger partial charge in [0.05, 0.1) is 11.1 Å². The highest BCUT2D eigenvalue weighted by Gasteiger charge is 2.45. The summed E-state index contributed by atoms with van der Waals surface area (Å²) in [5, 5.41) is 0. The molecule has 0 spiro atoms. The molecule has 4 rings (SSSR count). The first-order valence-corrected chi connectivity index (χ1v) is 16.4. The van der Waals surface area contributed by atoms with Gasteiger partial charge in [0.1, 0.15) is 11.4 Å². The van der Waals surface area contributed by atoms with Crippen LogP contribution < -0.4 is 4.74 Å². The molecule has 0 aliphatic heterocycles. The van der Waals surface area contributed by atoms with Gasteiger partial charge in [-0.15, -0.1) is 0 Å². The molecule has 0 radical (unpaired) electrons. The van der Waals surface area contributed by atoms with Crippen molar-refractivity contribution in [3.05, 3.63) is 101 Å². The maximum Gasteiger partial charge on any atom is 0.343 e. The summed E-state index contributed by atoms with van der Waals surface area (Å²) < 4.78 is 11.3. The lowest BCUT2D eigenvalue weighted by Gasteiger charge is -2.49. The molecular weight excluding hydrogens is 544 g/mol. The molecule has 0 N–H and O–H groups in total. The van der Waals surface area contributed by atoms with Gasteiger partial charge in [0.15, 0.2) is 0 Å². The van der Waals surface area contributed by atoms with E-state index in [2.05, 4.69) is 77.9 Å². The van der Waals surface area contributed by atoms with Crippen LogP contribution in [0.1, 0.15) is 138 Å². The van der Waals surface area contributed by atoms with Gasteiger partial charge in [-0.3, -0.25) is 0 Å². The van der Waals surface area contributed by atoms with Crippen LogP contribution in [-0.4, -0.2) is 17.5 Å². The Kier molecular flexibility index (Phi) is 9.83. The largest absolute Gasteiger partial charge is 0.456 e. The van der Waals surface area contributed by atoms with Crippen LogP contribution in [0.25, 0.3) is 0 Å². The molecular formula is C40H52O4. The molecule has 2 atom stereocenters. The Hall–Kier alpha value is -3.40. The number of carbonyl (C=O) groups excluding carboxylic acids is 2. The molecule has 44 heavy (non-hydrogen) atoms. The van der Waals surface area contributed by atoms with Crippen molar-refractivity contribution in [3.8, 4) is 5.75 Å². The average Bonchev–Trinajstić information content (AvgIpc) is 2.96. The van der Waals surface area contributed by atoms with Gasteiger partial charge >= 0.3 is 11.9 Å². The third-order valence-corrected chi connectivity index (χ3v) is 9.67. The van der Waals surface area contributed by atoms with Crippen LogP contribution in [0.15, 0.2) is 72.8 Å². The molecule has 3 aromatic rings. The molecule has 4 heteroatoms. The number of rotatable bonds is 10. The third-order valence-electron chi connectivity index (χ3n) is 9.67. The van der Waals surface area contributed by atoms with E-state index < -0.39 is 17.5 Å². The van der Waals surface area contributed by atoms with Crippen LogP contribution in [0.5, 0.6) is 5.75 Å². The Balaban J connectivity index is 1.56.